The molecule has 1 heterocycles. The van der Waals surface area contributed by atoms with Crippen LogP contribution in [-0.4, -0.2) is 53.8 Å². The quantitative estimate of drug-likeness (QED) is 0.796. The van der Waals surface area contributed by atoms with Crippen molar-refractivity contribution in [3.05, 3.63) is 34.9 Å². The molecule has 0 aliphatic carbocycles. The SMILES string of the molecule is CCN1CCN(C(C)C(=O)c2cc(C)ccc2C)CC1C. The summed E-state index contributed by atoms with van der Waals surface area (Å²) >= 11 is 0. The van der Waals surface area contributed by atoms with Gasteiger partial charge in [0, 0.05) is 31.2 Å². The van der Waals surface area contributed by atoms with Gasteiger partial charge in [-0.2, -0.15) is 0 Å². The number of rotatable bonds is 4. The molecular weight excluding hydrogens is 260 g/mol. The zero-order chi connectivity index (χ0) is 15.6. The molecule has 0 amide bonds. The van der Waals surface area contributed by atoms with Crippen LogP contribution in [0.15, 0.2) is 18.2 Å². The van der Waals surface area contributed by atoms with E-state index in [1.807, 2.05) is 26.0 Å². The first-order valence-electron chi connectivity index (χ1n) is 8.03. The highest BCUT2D eigenvalue weighted by atomic mass is 16.1. The van der Waals surface area contributed by atoms with Crippen LogP contribution in [0.25, 0.3) is 0 Å². The molecular formula is C18H28N2O. The predicted octanol–water partition coefficient (Wildman–Crippen LogP) is 2.90. The average Bonchev–Trinajstić information content (AvgIpc) is 2.48. The first-order chi connectivity index (χ1) is 9.93. The third-order valence-electron chi connectivity index (χ3n) is 4.79. The third kappa shape index (κ3) is 3.53. The lowest BCUT2D eigenvalue weighted by atomic mass is 9.97. The molecule has 0 radical (unpaired) electrons. The van der Waals surface area contributed by atoms with Crippen LogP contribution in [-0.2, 0) is 0 Å². The van der Waals surface area contributed by atoms with Crippen LogP contribution in [0.5, 0.6) is 0 Å². The van der Waals surface area contributed by atoms with Crippen molar-refractivity contribution in [1.82, 2.24) is 9.80 Å². The van der Waals surface area contributed by atoms with Gasteiger partial charge in [-0.05, 0) is 45.9 Å². The zero-order valence-corrected chi connectivity index (χ0v) is 14.0. The van der Waals surface area contributed by atoms with E-state index < -0.39 is 0 Å². The second-order valence-electron chi connectivity index (χ2n) is 6.33. The number of piperazine rings is 1. The first kappa shape index (κ1) is 16.2. The highest BCUT2D eigenvalue weighted by molar-refractivity contribution is 6.01. The number of aryl methyl sites for hydroxylation is 2. The van der Waals surface area contributed by atoms with Gasteiger partial charge in [-0.25, -0.2) is 0 Å². The fourth-order valence-electron chi connectivity index (χ4n) is 3.24. The summed E-state index contributed by atoms with van der Waals surface area (Å²) in [5, 5.41) is 0. The Bertz CT molecular complexity index is 512. The Hall–Kier alpha value is -1.19. The van der Waals surface area contributed by atoms with E-state index in [4.69, 9.17) is 0 Å². The molecule has 0 saturated carbocycles. The van der Waals surface area contributed by atoms with E-state index in [1.54, 1.807) is 0 Å². The average molecular weight is 288 g/mol. The minimum absolute atomic E-state index is 0.0352. The maximum Gasteiger partial charge on any atom is 0.179 e. The maximum absolute atomic E-state index is 12.8. The Morgan fingerprint density at radius 2 is 2.05 bits per heavy atom. The van der Waals surface area contributed by atoms with Crippen LogP contribution >= 0.6 is 0 Å². The number of Topliss-reactive ketones (excluding diaryl/α,β-unsaturated/α-hetero) is 1. The zero-order valence-electron chi connectivity index (χ0n) is 14.0. The number of nitrogens with zero attached hydrogens (tertiary/aromatic N) is 2. The predicted molar refractivity (Wildman–Crippen MR) is 88.0 cm³/mol. The maximum atomic E-state index is 12.8. The van der Waals surface area contributed by atoms with E-state index in [1.165, 1.54) is 0 Å². The van der Waals surface area contributed by atoms with E-state index in [0.717, 1.165) is 42.9 Å². The topological polar surface area (TPSA) is 23.6 Å². The minimum Gasteiger partial charge on any atom is -0.298 e. The van der Waals surface area contributed by atoms with Crippen LogP contribution in [0.4, 0.5) is 0 Å². The molecule has 0 aromatic heterocycles. The van der Waals surface area contributed by atoms with Crippen molar-refractivity contribution in [2.75, 3.05) is 26.2 Å². The number of ketones is 1. The van der Waals surface area contributed by atoms with Gasteiger partial charge in [0.1, 0.15) is 0 Å². The number of likely N-dealkylation sites (N-methyl/N-ethyl adjacent to an activating group) is 1. The smallest absolute Gasteiger partial charge is 0.179 e. The second kappa shape index (κ2) is 6.71. The Kier molecular flexibility index (Phi) is 5.17. The van der Waals surface area contributed by atoms with E-state index in [9.17, 15) is 4.79 Å². The monoisotopic (exact) mass is 288 g/mol. The summed E-state index contributed by atoms with van der Waals surface area (Å²) < 4.78 is 0. The summed E-state index contributed by atoms with van der Waals surface area (Å²) in [6.07, 6.45) is 0. The molecule has 0 N–H and O–H groups in total. The van der Waals surface area contributed by atoms with Gasteiger partial charge in [-0.1, -0.05) is 24.6 Å². The summed E-state index contributed by atoms with van der Waals surface area (Å²) in [7, 11) is 0. The van der Waals surface area contributed by atoms with E-state index in [-0.39, 0.29) is 11.8 Å². The van der Waals surface area contributed by atoms with Gasteiger partial charge in [0.25, 0.3) is 0 Å². The highest BCUT2D eigenvalue weighted by Gasteiger charge is 2.29. The molecule has 1 aromatic rings. The van der Waals surface area contributed by atoms with Crippen molar-refractivity contribution in [3.8, 4) is 0 Å². The fourth-order valence-corrected chi connectivity index (χ4v) is 3.24. The summed E-state index contributed by atoms with van der Waals surface area (Å²) in [5.41, 5.74) is 3.12. The molecule has 3 heteroatoms. The summed E-state index contributed by atoms with van der Waals surface area (Å²) in [6, 6.07) is 6.63. The van der Waals surface area contributed by atoms with E-state index in [2.05, 4.69) is 36.6 Å². The van der Waals surface area contributed by atoms with E-state index in [0.29, 0.717) is 6.04 Å². The van der Waals surface area contributed by atoms with Gasteiger partial charge in [0.2, 0.25) is 0 Å². The number of carbonyl (C=O) groups excluding carboxylic acids is 1. The molecule has 2 rings (SSSR count). The largest absolute Gasteiger partial charge is 0.298 e. The third-order valence-corrected chi connectivity index (χ3v) is 4.79. The molecule has 0 spiro atoms. The summed E-state index contributed by atoms with van der Waals surface area (Å²) in [4.78, 5) is 17.6. The number of hydrogen-bond donors (Lipinski definition) is 0. The lowest BCUT2D eigenvalue weighted by molar-refractivity contribution is 0.0533. The molecule has 1 aromatic carbocycles. The fraction of sp³-hybridized carbons (Fsp3) is 0.611. The number of hydrogen-bond acceptors (Lipinski definition) is 3. The normalized spacial score (nSPS) is 22.2. The van der Waals surface area contributed by atoms with Gasteiger partial charge in [0.05, 0.1) is 6.04 Å². The molecule has 0 bridgehead atoms. The van der Waals surface area contributed by atoms with Crippen molar-refractivity contribution in [2.24, 2.45) is 0 Å². The molecule has 1 saturated heterocycles. The lowest BCUT2D eigenvalue weighted by Crippen LogP contribution is -2.55. The van der Waals surface area contributed by atoms with Gasteiger partial charge < -0.3 is 0 Å². The number of benzene rings is 1. The van der Waals surface area contributed by atoms with Crippen LogP contribution in [0.2, 0.25) is 0 Å². The molecule has 21 heavy (non-hydrogen) atoms. The van der Waals surface area contributed by atoms with Crippen molar-refractivity contribution >= 4 is 5.78 Å². The number of carbonyl (C=O) groups is 1. The standard InChI is InChI=1S/C18H28N2O/c1-6-19-9-10-20(12-15(19)4)16(5)18(21)17-11-13(2)7-8-14(17)3/h7-8,11,15-16H,6,9-10,12H2,1-5H3. The highest BCUT2D eigenvalue weighted by Crippen LogP contribution is 2.18. The van der Waals surface area contributed by atoms with Crippen molar-refractivity contribution in [3.63, 3.8) is 0 Å². The van der Waals surface area contributed by atoms with Crippen molar-refractivity contribution < 1.29 is 4.79 Å². The minimum atomic E-state index is -0.0352. The first-order valence-corrected chi connectivity index (χ1v) is 8.03. The molecule has 1 aliphatic heterocycles. The molecule has 116 valence electrons. The van der Waals surface area contributed by atoms with Gasteiger partial charge in [0.15, 0.2) is 5.78 Å². The molecule has 1 aliphatic rings. The molecule has 2 atom stereocenters. The Morgan fingerprint density at radius 1 is 1.33 bits per heavy atom. The summed E-state index contributed by atoms with van der Waals surface area (Å²) in [6.45, 7) is 14.7. The van der Waals surface area contributed by atoms with Crippen molar-refractivity contribution in [2.45, 2.75) is 46.7 Å². The molecule has 3 nitrogen and oxygen atoms in total. The van der Waals surface area contributed by atoms with Crippen LogP contribution < -0.4 is 0 Å². The van der Waals surface area contributed by atoms with Crippen LogP contribution in [0.3, 0.4) is 0 Å². The van der Waals surface area contributed by atoms with Crippen LogP contribution in [0, 0.1) is 13.8 Å². The summed E-state index contributed by atoms with van der Waals surface area (Å²) in [5.74, 6) is 0.258. The lowest BCUT2D eigenvalue weighted by Gasteiger charge is -2.41. The van der Waals surface area contributed by atoms with Gasteiger partial charge in [-0.15, -0.1) is 0 Å². The van der Waals surface area contributed by atoms with Crippen molar-refractivity contribution in [1.29, 1.82) is 0 Å². The van der Waals surface area contributed by atoms with E-state index >= 15 is 0 Å². The molecule has 1 fully saturated rings. The Balaban J connectivity index is 2.11. The Labute approximate surface area is 128 Å². The van der Waals surface area contributed by atoms with Gasteiger partial charge >= 0.3 is 0 Å². The molecule has 2 unspecified atom stereocenters. The van der Waals surface area contributed by atoms with Gasteiger partial charge in [-0.3, -0.25) is 14.6 Å². The second-order valence-corrected chi connectivity index (χ2v) is 6.33. The Morgan fingerprint density at radius 3 is 2.67 bits per heavy atom. The van der Waals surface area contributed by atoms with Crippen LogP contribution in [0.1, 0.15) is 42.3 Å².